The molecule has 0 unspecified atom stereocenters. The van der Waals surface area contributed by atoms with E-state index in [2.05, 4.69) is 21.4 Å². The first-order valence-corrected chi connectivity index (χ1v) is 11.3. The predicted octanol–water partition coefficient (Wildman–Crippen LogP) is 5.68. The topological polar surface area (TPSA) is 72.0 Å². The zero-order valence-electron chi connectivity index (χ0n) is 18.2. The van der Waals surface area contributed by atoms with Crippen molar-refractivity contribution >= 4 is 18.3 Å². The second-order valence-corrected chi connectivity index (χ2v) is 8.52. The molecular weight excluding hydrogens is 393 g/mol. The van der Waals surface area contributed by atoms with Gasteiger partial charge in [0.1, 0.15) is 17.8 Å². The lowest BCUT2D eigenvalue weighted by molar-refractivity contribution is -0.111. The lowest BCUT2D eigenvalue weighted by Gasteiger charge is -2.25. The fraction of sp³-hybridized carbons (Fsp3) is 0.520. The van der Waals surface area contributed by atoms with E-state index >= 15 is 0 Å². The smallest absolute Gasteiger partial charge is 0.168 e. The average Bonchev–Trinajstić information content (AvgIpc) is 2.85. The summed E-state index contributed by atoms with van der Waals surface area (Å²) in [6.07, 6.45) is 15.4. The number of nitrogens with one attached hydrogen (secondary N) is 1. The number of aldehydes is 2. The van der Waals surface area contributed by atoms with Gasteiger partial charge in [-0.2, -0.15) is 0 Å². The van der Waals surface area contributed by atoms with Gasteiger partial charge >= 0.3 is 0 Å². The number of carbonyl (C=O) groups excluding carboxylic acids is 2. The van der Waals surface area contributed by atoms with Crippen molar-refractivity contribution < 1.29 is 14.0 Å². The highest BCUT2D eigenvalue weighted by molar-refractivity contribution is 5.71. The molecule has 1 N–H and O–H groups in total. The lowest BCUT2D eigenvalue weighted by Crippen LogP contribution is -2.16. The number of aromatic nitrogens is 2. The van der Waals surface area contributed by atoms with Crippen molar-refractivity contribution in [2.24, 2.45) is 5.92 Å². The van der Waals surface area contributed by atoms with Crippen molar-refractivity contribution in [2.45, 2.75) is 69.6 Å². The molecule has 5 nitrogen and oxygen atoms in total. The molecular formula is C25H32FN3O2. The molecule has 0 atom stereocenters. The van der Waals surface area contributed by atoms with Gasteiger partial charge in [0.15, 0.2) is 6.29 Å². The molecule has 0 radical (unpaired) electrons. The Balaban J connectivity index is 0.000000179. The van der Waals surface area contributed by atoms with Crippen LogP contribution in [0.15, 0.2) is 30.6 Å². The van der Waals surface area contributed by atoms with Gasteiger partial charge in [-0.3, -0.25) is 9.78 Å². The van der Waals surface area contributed by atoms with Gasteiger partial charge < -0.3 is 10.1 Å². The fourth-order valence-corrected chi connectivity index (χ4v) is 4.74. The van der Waals surface area contributed by atoms with E-state index < -0.39 is 0 Å². The third kappa shape index (κ3) is 6.18. The molecule has 6 heteroatoms. The molecule has 2 heterocycles. The molecule has 2 aliphatic carbocycles. The van der Waals surface area contributed by atoms with E-state index in [-0.39, 0.29) is 23.3 Å². The number of hydrogen-bond donors (Lipinski definition) is 1. The highest BCUT2D eigenvalue weighted by Gasteiger charge is 2.25. The number of carbonyl (C=O) groups is 2. The molecule has 2 saturated carbocycles. The fourth-order valence-electron chi connectivity index (χ4n) is 4.74. The summed E-state index contributed by atoms with van der Waals surface area (Å²) < 4.78 is 13.6. The number of pyridine rings is 2. The number of rotatable bonds is 5. The largest absolute Gasteiger partial charge is 0.387 e. The molecule has 2 aromatic heterocycles. The van der Waals surface area contributed by atoms with Crippen LogP contribution in [0, 0.1) is 11.7 Å². The molecule has 2 aliphatic rings. The maximum absolute atomic E-state index is 13.6. The molecule has 0 aromatic carbocycles. The first kappa shape index (κ1) is 23.0. The standard InChI is InChI=1S/C13H14FNO2.C12H18N2/c14-12-6-5-11(8-17)15-13(12)10-3-1-9(7-16)2-4-10;1-13-12-9-14-8-7-11(12)10-5-3-2-4-6-10/h5-10H,1-4H2;7-10,13H,2-6H2,1H3. The van der Waals surface area contributed by atoms with Crippen molar-refractivity contribution in [1.29, 1.82) is 0 Å². The van der Waals surface area contributed by atoms with Gasteiger partial charge in [0.25, 0.3) is 0 Å². The van der Waals surface area contributed by atoms with Gasteiger partial charge in [-0.25, -0.2) is 9.37 Å². The molecule has 0 spiro atoms. The van der Waals surface area contributed by atoms with Crippen LogP contribution in [0.4, 0.5) is 10.1 Å². The van der Waals surface area contributed by atoms with Gasteiger partial charge in [0.05, 0.1) is 17.6 Å². The summed E-state index contributed by atoms with van der Waals surface area (Å²) in [4.78, 5) is 29.4. The highest BCUT2D eigenvalue weighted by atomic mass is 19.1. The minimum atomic E-state index is -0.356. The van der Waals surface area contributed by atoms with E-state index in [0.29, 0.717) is 12.0 Å². The summed E-state index contributed by atoms with van der Waals surface area (Å²) in [5.41, 5.74) is 3.31. The van der Waals surface area contributed by atoms with Crippen LogP contribution in [0.2, 0.25) is 0 Å². The third-order valence-corrected chi connectivity index (χ3v) is 6.54. The van der Waals surface area contributed by atoms with E-state index in [1.165, 1.54) is 55.5 Å². The first-order valence-electron chi connectivity index (χ1n) is 11.3. The zero-order chi connectivity index (χ0) is 22.1. The highest BCUT2D eigenvalue weighted by Crippen LogP contribution is 2.36. The Morgan fingerprint density at radius 3 is 2.35 bits per heavy atom. The van der Waals surface area contributed by atoms with Crippen LogP contribution in [0.1, 0.15) is 91.4 Å². The quantitative estimate of drug-likeness (QED) is 0.624. The number of hydrogen-bond acceptors (Lipinski definition) is 5. The normalized spacial score (nSPS) is 21.5. The van der Waals surface area contributed by atoms with Crippen LogP contribution in [-0.4, -0.2) is 29.6 Å². The van der Waals surface area contributed by atoms with Crippen molar-refractivity contribution in [3.8, 4) is 0 Å². The molecule has 0 aliphatic heterocycles. The van der Waals surface area contributed by atoms with Crippen LogP contribution in [0.25, 0.3) is 0 Å². The van der Waals surface area contributed by atoms with Crippen molar-refractivity contribution in [3.63, 3.8) is 0 Å². The number of halogens is 1. The van der Waals surface area contributed by atoms with Crippen LogP contribution in [-0.2, 0) is 4.79 Å². The maximum Gasteiger partial charge on any atom is 0.168 e. The zero-order valence-corrected chi connectivity index (χ0v) is 18.2. The second-order valence-electron chi connectivity index (χ2n) is 8.52. The second kappa shape index (κ2) is 11.7. The minimum Gasteiger partial charge on any atom is -0.387 e. The number of anilines is 1. The molecule has 31 heavy (non-hydrogen) atoms. The van der Waals surface area contributed by atoms with E-state index in [1.54, 1.807) is 0 Å². The van der Waals surface area contributed by atoms with E-state index in [9.17, 15) is 14.0 Å². The molecule has 2 aromatic rings. The van der Waals surface area contributed by atoms with E-state index in [1.807, 2.05) is 19.4 Å². The third-order valence-electron chi connectivity index (χ3n) is 6.54. The molecule has 2 fully saturated rings. The predicted molar refractivity (Wildman–Crippen MR) is 120 cm³/mol. The van der Waals surface area contributed by atoms with Crippen molar-refractivity contribution in [3.05, 3.63) is 53.4 Å². The molecule has 0 saturated heterocycles. The first-order chi connectivity index (χ1) is 15.2. The summed E-state index contributed by atoms with van der Waals surface area (Å²) in [5, 5.41) is 3.23. The Labute approximate surface area is 183 Å². The van der Waals surface area contributed by atoms with Gasteiger partial charge in [-0.1, -0.05) is 19.3 Å². The van der Waals surface area contributed by atoms with Crippen molar-refractivity contribution in [1.82, 2.24) is 9.97 Å². The summed E-state index contributed by atoms with van der Waals surface area (Å²) in [6, 6.07) is 4.84. The molecule has 0 amide bonds. The van der Waals surface area contributed by atoms with Gasteiger partial charge in [-0.05, 0) is 68.2 Å². The molecule has 166 valence electrons. The van der Waals surface area contributed by atoms with Crippen molar-refractivity contribution in [2.75, 3.05) is 12.4 Å². The SMILES string of the molecule is CNc1cnccc1C1CCCCC1.O=Cc1ccc(F)c(C2CCC(C=O)CC2)n1. The molecule has 0 bridgehead atoms. The Bertz CT molecular complexity index is 860. The minimum absolute atomic E-state index is 0.0334. The van der Waals surface area contributed by atoms with Crippen LogP contribution < -0.4 is 5.32 Å². The Morgan fingerprint density at radius 2 is 1.71 bits per heavy atom. The Hall–Kier alpha value is -2.63. The van der Waals surface area contributed by atoms with E-state index in [4.69, 9.17) is 0 Å². The number of nitrogens with zero attached hydrogens (tertiary/aromatic N) is 2. The monoisotopic (exact) mass is 425 g/mol. The van der Waals surface area contributed by atoms with Gasteiger partial charge in [0.2, 0.25) is 0 Å². The van der Waals surface area contributed by atoms with Gasteiger partial charge in [0, 0.05) is 25.1 Å². The Kier molecular flexibility index (Phi) is 8.68. The van der Waals surface area contributed by atoms with Gasteiger partial charge in [-0.15, -0.1) is 0 Å². The summed E-state index contributed by atoms with van der Waals surface area (Å²) in [6.45, 7) is 0. The van der Waals surface area contributed by atoms with E-state index in [0.717, 1.165) is 37.9 Å². The molecule has 4 rings (SSSR count). The summed E-state index contributed by atoms with van der Waals surface area (Å²) in [7, 11) is 1.98. The van der Waals surface area contributed by atoms with Crippen LogP contribution in [0.3, 0.4) is 0 Å². The van der Waals surface area contributed by atoms with Crippen LogP contribution in [0.5, 0.6) is 0 Å². The Morgan fingerprint density at radius 1 is 0.968 bits per heavy atom. The lowest BCUT2D eigenvalue weighted by atomic mass is 9.81. The average molecular weight is 426 g/mol. The maximum atomic E-state index is 13.6. The summed E-state index contributed by atoms with van der Waals surface area (Å²) >= 11 is 0. The van der Waals surface area contributed by atoms with Crippen LogP contribution >= 0.6 is 0 Å². The summed E-state index contributed by atoms with van der Waals surface area (Å²) in [5.74, 6) is 0.536.